The zero-order valence-corrected chi connectivity index (χ0v) is 11.5. The van der Waals surface area contributed by atoms with Crippen LogP contribution in [0.3, 0.4) is 0 Å². The Balaban J connectivity index is 1.78. The fourth-order valence-electron chi connectivity index (χ4n) is 2.38. The van der Waals surface area contributed by atoms with Crippen LogP contribution < -0.4 is 10.6 Å². The summed E-state index contributed by atoms with van der Waals surface area (Å²) >= 11 is 0. The van der Waals surface area contributed by atoms with Crippen LogP contribution in [0.1, 0.15) is 29.8 Å². The lowest BCUT2D eigenvalue weighted by Crippen LogP contribution is -2.45. The van der Waals surface area contributed by atoms with E-state index in [-0.39, 0.29) is 17.5 Å². The van der Waals surface area contributed by atoms with E-state index in [1.807, 2.05) is 18.2 Å². The third-order valence-electron chi connectivity index (χ3n) is 3.52. The largest absolute Gasteiger partial charge is 0.354 e. The summed E-state index contributed by atoms with van der Waals surface area (Å²) in [6, 6.07) is 6.86. The molecule has 1 aliphatic heterocycles. The van der Waals surface area contributed by atoms with Crippen LogP contribution in [0.15, 0.2) is 30.5 Å². The SMILES string of the molecule is O=C(N[C@@H]1CCCCNC1=O)c1cnc2ccccc2n1. The number of aromatic nitrogens is 2. The molecule has 1 aliphatic rings. The minimum Gasteiger partial charge on any atom is -0.354 e. The molecule has 21 heavy (non-hydrogen) atoms. The summed E-state index contributed by atoms with van der Waals surface area (Å²) in [4.78, 5) is 32.5. The molecule has 1 aromatic heterocycles. The number of benzene rings is 1. The Bertz CT molecular complexity index is 686. The number of rotatable bonds is 2. The summed E-state index contributed by atoms with van der Waals surface area (Å²) in [5, 5.41) is 5.53. The molecule has 1 saturated heterocycles. The summed E-state index contributed by atoms with van der Waals surface area (Å²) in [7, 11) is 0. The molecule has 3 rings (SSSR count). The number of carbonyl (C=O) groups is 2. The Morgan fingerprint density at radius 1 is 1.24 bits per heavy atom. The summed E-state index contributed by atoms with van der Waals surface area (Å²) in [5.41, 5.74) is 1.63. The zero-order valence-electron chi connectivity index (χ0n) is 11.5. The van der Waals surface area contributed by atoms with Crippen LogP contribution in [0.2, 0.25) is 0 Å². The summed E-state index contributed by atoms with van der Waals surface area (Å²) in [6.45, 7) is 0.668. The Morgan fingerprint density at radius 2 is 2.05 bits per heavy atom. The van der Waals surface area contributed by atoms with Gasteiger partial charge in [0.1, 0.15) is 11.7 Å². The van der Waals surface area contributed by atoms with Crippen LogP contribution in [-0.2, 0) is 4.79 Å². The number of carbonyl (C=O) groups excluding carboxylic acids is 2. The molecule has 0 bridgehead atoms. The highest BCUT2D eigenvalue weighted by molar-refractivity contribution is 5.97. The third kappa shape index (κ3) is 2.99. The minimum absolute atomic E-state index is 0.130. The molecular weight excluding hydrogens is 268 g/mol. The van der Waals surface area contributed by atoms with Crippen molar-refractivity contribution in [3.05, 3.63) is 36.2 Å². The molecule has 0 aliphatic carbocycles. The predicted molar refractivity (Wildman–Crippen MR) is 77.7 cm³/mol. The van der Waals surface area contributed by atoms with E-state index in [2.05, 4.69) is 20.6 Å². The van der Waals surface area contributed by atoms with Gasteiger partial charge in [0, 0.05) is 6.54 Å². The lowest BCUT2D eigenvalue weighted by atomic mass is 10.1. The number of para-hydroxylation sites is 2. The first-order valence-corrected chi connectivity index (χ1v) is 7.04. The first-order chi connectivity index (χ1) is 10.2. The van der Waals surface area contributed by atoms with Gasteiger partial charge < -0.3 is 10.6 Å². The Labute approximate surface area is 122 Å². The fourth-order valence-corrected chi connectivity index (χ4v) is 2.38. The quantitative estimate of drug-likeness (QED) is 0.862. The van der Waals surface area contributed by atoms with Gasteiger partial charge in [-0.15, -0.1) is 0 Å². The summed E-state index contributed by atoms with van der Waals surface area (Å²) in [5.74, 6) is -0.495. The molecule has 1 fully saturated rings. The molecule has 2 amide bonds. The second kappa shape index (κ2) is 5.87. The Kier molecular flexibility index (Phi) is 3.77. The van der Waals surface area contributed by atoms with Crippen molar-refractivity contribution in [3.63, 3.8) is 0 Å². The highest BCUT2D eigenvalue weighted by Crippen LogP contribution is 2.10. The molecule has 0 unspecified atom stereocenters. The van der Waals surface area contributed by atoms with Crippen molar-refractivity contribution in [1.29, 1.82) is 0 Å². The molecule has 1 atom stereocenters. The van der Waals surface area contributed by atoms with Crippen LogP contribution >= 0.6 is 0 Å². The van der Waals surface area contributed by atoms with E-state index in [9.17, 15) is 9.59 Å². The molecule has 0 radical (unpaired) electrons. The zero-order chi connectivity index (χ0) is 14.7. The van der Waals surface area contributed by atoms with Gasteiger partial charge in [0.2, 0.25) is 5.91 Å². The van der Waals surface area contributed by atoms with Crippen molar-refractivity contribution < 1.29 is 9.59 Å². The second-order valence-electron chi connectivity index (χ2n) is 5.06. The van der Waals surface area contributed by atoms with Gasteiger partial charge >= 0.3 is 0 Å². The minimum atomic E-state index is -0.492. The van der Waals surface area contributed by atoms with Gasteiger partial charge in [-0.25, -0.2) is 4.98 Å². The first kappa shape index (κ1) is 13.5. The van der Waals surface area contributed by atoms with Gasteiger partial charge in [-0.05, 0) is 31.4 Å². The highest BCUT2D eigenvalue weighted by Gasteiger charge is 2.23. The second-order valence-corrected chi connectivity index (χ2v) is 5.06. The lowest BCUT2D eigenvalue weighted by molar-refractivity contribution is -0.122. The van der Waals surface area contributed by atoms with Crippen LogP contribution in [0.5, 0.6) is 0 Å². The van der Waals surface area contributed by atoms with Crippen LogP contribution in [0, 0.1) is 0 Å². The summed E-state index contributed by atoms with van der Waals surface area (Å²) in [6.07, 6.45) is 3.94. The van der Waals surface area contributed by atoms with E-state index in [1.54, 1.807) is 6.07 Å². The van der Waals surface area contributed by atoms with Gasteiger partial charge in [0.15, 0.2) is 0 Å². The van der Waals surface area contributed by atoms with E-state index in [0.717, 1.165) is 18.4 Å². The van der Waals surface area contributed by atoms with Gasteiger partial charge in [-0.1, -0.05) is 12.1 Å². The molecule has 0 saturated carbocycles. The Morgan fingerprint density at radius 3 is 2.90 bits per heavy atom. The monoisotopic (exact) mass is 284 g/mol. The number of nitrogens with zero attached hydrogens (tertiary/aromatic N) is 2. The van der Waals surface area contributed by atoms with Gasteiger partial charge in [-0.3, -0.25) is 14.6 Å². The maximum Gasteiger partial charge on any atom is 0.272 e. The molecule has 6 heteroatoms. The molecule has 2 N–H and O–H groups in total. The van der Waals surface area contributed by atoms with Gasteiger partial charge in [-0.2, -0.15) is 0 Å². The lowest BCUT2D eigenvalue weighted by Gasteiger charge is -2.14. The summed E-state index contributed by atoms with van der Waals surface area (Å²) < 4.78 is 0. The smallest absolute Gasteiger partial charge is 0.272 e. The van der Waals surface area contributed by atoms with E-state index >= 15 is 0 Å². The molecule has 2 heterocycles. The van der Waals surface area contributed by atoms with Crippen molar-refractivity contribution in [3.8, 4) is 0 Å². The first-order valence-electron chi connectivity index (χ1n) is 7.04. The van der Waals surface area contributed by atoms with Gasteiger partial charge in [0.05, 0.1) is 17.2 Å². The molecule has 108 valence electrons. The van der Waals surface area contributed by atoms with Crippen molar-refractivity contribution in [2.45, 2.75) is 25.3 Å². The van der Waals surface area contributed by atoms with Crippen molar-refractivity contribution in [2.75, 3.05) is 6.54 Å². The molecule has 0 spiro atoms. The van der Waals surface area contributed by atoms with E-state index in [0.29, 0.717) is 18.5 Å². The topological polar surface area (TPSA) is 84.0 Å². The molecule has 1 aromatic carbocycles. The van der Waals surface area contributed by atoms with E-state index in [1.165, 1.54) is 6.20 Å². The standard InChI is InChI=1S/C15H16N4O2/c20-14-12(7-3-4-8-16-14)19-15(21)13-9-17-10-5-1-2-6-11(10)18-13/h1-2,5-6,9,12H,3-4,7-8H2,(H,16,20)(H,19,21)/t12-/m1/s1. The van der Waals surface area contributed by atoms with Crippen molar-refractivity contribution in [2.24, 2.45) is 0 Å². The number of amides is 2. The fraction of sp³-hybridized carbons (Fsp3) is 0.333. The highest BCUT2D eigenvalue weighted by atomic mass is 16.2. The normalized spacial score (nSPS) is 18.9. The van der Waals surface area contributed by atoms with Crippen molar-refractivity contribution >= 4 is 22.8 Å². The molecular formula is C15H16N4O2. The number of fused-ring (bicyclic) bond motifs is 1. The van der Waals surface area contributed by atoms with Crippen LogP contribution in [-0.4, -0.2) is 34.4 Å². The van der Waals surface area contributed by atoms with Crippen LogP contribution in [0.4, 0.5) is 0 Å². The average molecular weight is 284 g/mol. The van der Waals surface area contributed by atoms with Gasteiger partial charge in [0.25, 0.3) is 5.91 Å². The number of hydrogen-bond donors (Lipinski definition) is 2. The van der Waals surface area contributed by atoms with E-state index in [4.69, 9.17) is 0 Å². The Hall–Kier alpha value is -2.50. The maximum atomic E-state index is 12.2. The maximum absolute atomic E-state index is 12.2. The molecule has 2 aromatic rings. The number of hydrogen-bond acceptors (Lipinski definition) is 4. The molecule has 6 nitrogen and oxygen atoms in total. The average Bonchev–Trinajstić information content (AvgIpc) is 2.72. The predicted octanol–water partition coefficient (Wildman–Crippen LogP) is 1.03. The number of nitrogens with one attached hydrogen (secondary N) is 2. The third-order valence-corrected chi connectivity index (χ3v) is 3.52. The van der Waals surface area contributed by atoms with Crippen LogP contribution in [0.25, 0.3) is 11.0 Å². The van der Waals surface area contributed by atoms with E-state index < -0.39 is 6.04 Å². The van der Waals surface area contributed by atoms with Crippen molar-refractivity contribution in [1.82, 2.24) is 20.6 Å².